The van der Waals surface area contributed by atoms with Crippen molar-refractivity contribution in [2.45, 2.75) is 33.1 Å². The second kappa shape index (κ2) is 16.0. The van der Waals surface area contributed by atoms with Crippen molar-refractivity contribution in [2.24, 2.45) is 0 Å². The molecule has 1 aromatic heterocycles. The highest BCUT2D eigenvalue weighted by molar-refractivity contribution is 6.10. The van der Waals surface area contributed by atoms with Crippen LogP contribution in [0.3, 0.4) is 0 Å². The summed E-state index contributed by atoms with van der Waals surface area (Å²) in [4.78, 5) is 2.42. The van der Waals surface area contributed by atoms with Gasteiger partial charge in [0, 0.05) is 38.9 Å². The van der Waals surface area contributed by atoms with Gasteiger partial charge in [-0.2, -0.15) is 0 Å². The highest BCUT2D eigenvalue weighted by Crippen LogP contribution is 2.51. The van der Waals surface area contributed by atoms with Crippen LogP contribution in [0.5, 0.6) is 0 Å². The topological polar surface area (TPSA) is 8.17 Å². The number of benzene rings is 10. The van der Waals surface area contributed by atoms with Gasteiger partial charge in [-0.25, -0.2) is 0 Å². The molecule has 0 bridgehead atoms. The average molecular weight is 859 g/mol. The Hall–Kier alpha value is -8.20. The van der Waals surface area contributed by atoms with Crippen LogP contribution in [0.1, 0.15) is 36.1 Å². The highest BCUT2D eigenvalue weighted by atomic mass is 15.1. The van der Waals surface area contributed by atoms with Crippen molar-refractivity contribution >= 4 is 38.9 Å². The van der Waals surface area contributed by atoms with Gasteiger partial charge in [0.05, 0.1) is 11.0 Å². The van der Waals surface area contributed by atoms with E-state index < -0.39 is 0 Å². The molecule has 12 rings (SSSR count). The van der Waals surface area contributed by atoms with Crippen LogP contribution in [0, 0.1) is 13.8 Å². The van der Waals surface area contributed by atoms with Gasteiger partial charge in [-0.1, -0.05) is 178 Å². The molecule has 2 heteroatoms. The first-order valence-electron chi connectivity index (χ1n) is 23.4. The number of para-hydroxylation sites is 2. The molecular formula is C65H50N2. The Morgan fingerprint density at radius 2 is 0.806 bits per heavy atom. The minimum Gasteiger partial charge on any atom is -0.310 e. The van der Waals surface area contributed by atoms with Gasteiger partial charge in [-0.05, 0) is 158 Å². The lowest BCUT2D eigenvalue weighted by Crippen LogP contribution is -2.16. The summed E-state index contributed by atoms with van der Waals surface area (Å²) in [6, 6.07) is 84.8. The van der Waals surface area contributed by atoms with E-state index in [9.17, 15) is 0 Å². The van der Waals surface area contributed by atoms with E-state index in [1.165, 1.54) is 105 Å². The molecule has 0 amide bonds. The second-order valence-corrected chi connectivity index (χ2v) is 18.7. The second-order valence-electron chi connectivity index (χ2n) is 18.7. The van der Waals surface area contributed by atoms with Gasteiger partial charge in [0.1, 0.15) is 0 Å². The molecule has 0 aliphatic heterocycles. The molecule has 0 spiro atoms. The van der Waals surface area contributed by atoms with E-state index in [4.69, 9.17) is 0 Å². The quantitative estimate of drug-likeness (QED) is 0.148. The molecule has 0 radical (unpaired) electrons. The van der Waals surface area contributed by atoms with E-state index in [0.29, 0.717) is 0 Å². The third-order valence-corrected chi connectivity index (χ3v) is 14.3. The Labute approximate surface area is 393 Å². The van der Waals surface area contributed by atoms with Crippen molar-refractivity contribution < 1.29 is 0 Å². The maximum Gasteiger partial charge on any atom is 0.0541 e. The number of fused-ring (bicyclic) bond motifs is 6. The molecule has 1 aliphatic rings. The Morgan fingerprint density at radius 1 is 0.328 bits per heavy atom. The molecule has 67 heavy (non-hydrogen) atoms. The van der Waals surface area contributed by atoms with Crippen LogP contribution >= 0.6 is 0 Å². The zero-order chi connectivity index (χ0) is 45.2. The van der Waals surface area contributed by atoms with Crippen LogP contribution in [-0.2, 0) is 5.41 Å². The molecular weight excluding hydrogens is 809 g/mol. The molecule has 320 valence electrons. The van der Waals surface area contributed by atoms with Gasteiger partial charge in [-0.3, -0.25) is 0 Å². The SMILES string of the molecule is Cc1ccccc1-c1ccc(N(c2ccc(-c3ccc(-c4ccc(-c5ccc6c(c5)c5ccccc5n6-c5ccccc5)cc4)cc3)cc2)c2ccc3c(c2)C(C)(C)c2ccccc2-3)cc1C. The van der Waals surface area contributed by atoms with Gasteiger partial charge < -0.3 is 9.47 Å². The number of nitrogens with zero attached hydrogens (tertiary/aromatic N) is 2. The van der Waals surface area contributed by atoms with Crippen LogP contribution in [-0.4, -0.2) is 4.57 Å². The Balaban J connectivity index is 0.838. The van der Waals surface area contributed by atoms with E-state index in [1.54, 1.807) is 0 Å². The standard InChI is InChI=1S/C65H50N2/c1-43-14-8-9-17-55(43)56-37-35-53(40-44(56)2)66(54-36-38-58-57-18-10-12-20-61(57)65(3,4)62(58)42-54)52-33-30-48(31-34-52)47-24-22-45(23-25-47)46-26-28-49(29-27-46)50-32-39-64-60(41-50)59-19-11-13-21-63(59)67(64)51-15-6-5-7-16-51/h5-42H,1-4H3. The molecule has 0 fully saturated rings. The van der Waals surface area contributed by atoms with E-state index >= 15 is 0 Å². The molecule has 1 aliphatic carbocycles. The summed E-state index contributed by atoms with van der Waals surface area (Å²) in [5, 5.41) is 2.53. The fourth-order valence-corrected chi connectivity index (χ4v) is 10.8. The number of aromatic nitrogens is 1. The van der Waals surface area contributed by atoms with Gasteiger partial charge in [0.2, 0.25) is 0 Å². The number of hydrogen-bond donors (Lipinski definition) is 0. The Morgan fingerprint density at radius 3 is 1.48 bits per heavy atom. The average Bonchev–Trinajstić information content (AvgIpc) is 3.82. The third kappa shape index (κ3) is 6.87. The normalized spacial score (nSPS) is 12.6. The molecule has 0 unspecified atom stereocenters. The lowest BCUT2D eigenvalue weighted by atomic mass is 9.82. The molecule has 0 saturated heterocycles. The number of anilines is 3. The number of rotatable bonds is 8. The van der Waals surface area contributed by atoms with Crippen molar-refractivity contribution in [3.63, 3.8) is 0 Å². The number of aryl methyl sites for hydroxylation is 2. The predicted molar refractivity (Wildman–Crippen MR) is 284 cm³/mol. The zero-order valence-electron chi connectivity index (χ0n) is 38.3. The van der Waals surface area contributed by atoms with Crippen LogP contribution in [0.15, 0.2) is 231 Å². The lowest BCUT2D eigenvalue weighted by Gasteiger charge is -2.29. The third-order valence-electron chi connectivity index (χ3n) is 14.3. The summed E-state index contributed by atoms with van der Waals surface area (Å²) < 4.78 is 2.37. The number of hydrogen-bond acceptors (Lipinski definition) is 1. The van der Waals surface area contributed by atoms with Crippen molar-refractivity contribution in [3.05, 3.63) is 253 Å². The highest BCUT2D eigenvalue weighted by Gasteiger charge is 2.35. The smallest absolute Gasteiger partial charge is 0.0541 e. The van der Waals surface area contributed by atoms with E-state index in [2.05, 4.69) is 268 Å². The van der Waals surface area contributed by atoms with Crippen molar-refractivity contribution in [1.82, 2.24) is 4.57 Å². The first-order chi connectivity index (χ1) is 32.8. The van der Waals surface area contributed by atoms with Crippen LogP contribution < -0.4 is 4.90 Å². The Bertz CT molecular complexity index is 3650. The molecule has 0 N–H and O–H groups in total. The molecule has 10 aromatic carbocycles. The summed E-state index contributed by atoms with van der Waals surface area (Å²) in [6.45, 7) is 9.15. The Kier molecular flexibility index (Phi) is 9.66. The summed E-state index contributed by atoms with van der Waals surface area (Å²) in [6.07, 6.45) is 0. The van der Waals surface area contributed by atoms with Gasteiger partial charge in [0.25, 0.3) is 0 Å². The van der Waals surface area contributed by atoms with Gasteiger partial charge in [-0.15, -0.1) is 0 Å². The lowest BCUT2D eigenvalue weighted by molar-refractivity contribution is 0.660. The van der Waals surface area contributed by atoms with Crippen molar-refractivity contribution in [3.8, 4) is 61.3 Å². The molecule has 0 saturated carbocycles. The summed E-state index contributed by atoms with van der Waals surface area (Å²) in [5.41, 5.74) is 24.6. The fourth-order valence-electron chi connectivity index (χ4n) is 10.8. The largest absolute Gasteiger partial charge is 0.310 e. The van der Waals surface area contributed by atoms with Crippen molar-refractivity contribution in [2.75, 3.05) is 4.90 Å². The van der Waals surface area contributed by atoms with Crippen LogP contribution in [0.4, 0.5) is 17.1 Å². The maximum atomic E-state index is 2.42. The summed E-state index contributed by atoms with van der Waals surface area (Å²) in [7, 11) is 0. The van der Waals surface area contributed by atoms with E-state index in [-0.39, 0.29) is 5.41 Å². The molecule has 11 aromatic rings. The first-order valence-corrected chi connectivity index (χ1v) is 23.4. The van der Waals surface area contributed by atoms with Gasteiger partial charge in [0.15, 0.2) is 0 Å². The van der Waals surface area contributed by atoms with Crippen LogP contribution in [0.2, 0.25) is 0 Å². The van der Waals surface area contributed by atoms with Gasteiger partial charge >= 0.3 is 0 Å². The van der Waals surface area contributed by atoms with Crippen molar-refractivity contribution in [1.29, 1.82) is 0 Å². The van der Waals surface area contributed by atoms with E-state index in [1.807, 2.05) is 0 Å². The zero-order valence-corrected chi connectivity index (χ0v) is 38.3. The van der Waals surface area contributed by atoms with Crippen LogP contribution in [0.25, 0.3) is 83.1 Å². The summed E-state index contributed by atoms with van der Waals surface area (Å²) >= 11 is 0. The monoisotopic (exact) mass is 858 g/mol. The predicted octanol–water partition coefficient (Wildman–Crippen LogP) is 17.8. The maximum absolute atomic E-state index is 2.42. The molecule has 2 nitrogen and oxygen atoms in total. The molecule has 1 heterocycles. The first kappa shape index (κ1) is 40.3. The summed E-state index contributed by atoms with van der Waals surface area (Å²) in [5.74, 6) is 0. The van der Waals surface area contributed by atoms with E-state index in [0.717, 1.165) is 17.1 Å². The molecule has 0 atom stereocenters. The minimum absolute atomic E-state index is 0.0995. The minimum atomic E-state index is -0.0995. The fraction of sp³-hybridized carbons (Fsp3) is 0.0769.